The number of amides is 1. The number of aromatic amines is 1. The lowest BCUT2D eigenvalue weighted by Crippen LogP contribution is -2.31. The summed E-state index contributed by atoms with van der Waals surface area (Å²) in [4.78, 5) is 33.8. The highest BCUT2D eigenvalue weighted by Crippen LogP contribution is 2.37. The first kappa shape index (κ1) is 16.0. The third kappa shape index (κ3) is 3.79. The van der Waals surface area contributed by atoms with E-state index in [1.807, 2.05) is 18.2 Å². The maximum atomic E-state index is 12.1. The molecule has 1 saturated carbocycles. The van der Waals surface area contributed by atoms with Crippen LogP contribution in [-0.2, 0) is 11.3 Å². The van der Waals surface area contributed by atoms with Crippen molar-refractivity contribution in [3.05, 3.63) is 63.8 Å². The summed E-state index contributed by atoms with van der Waals surface area (Å²) in [5.74, 6) is 1.28. The van der Waals surface area contributed by atoms with Crippen LogP contribution in [0.2, 0.25) is 0 Å². The molecule has 25 heavy (non-hydrogen) atoms. The summed E-state index contributed by atoms with van der Waals surface area (Å²) < 4.78 is 0. The Morgan fingerprint density at radius 2 is 1.96 bits per heavy atom. The Balaban J connectivity index is 1.62. The van der Waals surface area contributed by atoms with Gasteiger partial charge in [-0.25, -0.2) is 4.98 Å². The molecule has 1 atom stereocenters. The lowest BCUT2D eigenvalue weighted by atomic mass is 10.0. The first-order chi connectivity index (χ1) is 12.2. The largest absolute Gasteiger partial charge is 0.355 e. The molecule has 6 nitrogen and oxygen atoms in total. The van der Waals surface area contributed by atoms with Crippen molar-refractivity contribution in [2.24, 2.45) is 0 Å². The minimum atomic E-state index is -0.0906. The van der Waals surface area contributed by atoms with Crippen LogP contribution in [-0.4, -0.2) is 33.9 Å². The van der Waals surface area contributed by atoms with Gasteiger partial charge in [0.05, 0.1) is 5.69 Å². The van der Waals surface area contributed by atoms with Gasteiger partial charge in [-0.2, -0.15) is 0 Å². The number of nitrogens with zero attached hydrogens (tertiary/aromatic N) is 2. The van der Waals surface area contributed by atoms with Crippen molar-refractivity contribution in [3.63, 3.8) is 0 Å². The molecular weight excluding hydrogens is 316 g/mol. The van der Waals surface area contributed by atoms with Crippen LogP contribution in [0.15, 0.2) is 41.2 Å². The van der Waals surface area contributed by atoms with E-state index in [1.165, 1.54) is 0 Å². The van der Waals surface area contributed by atoms with Crippen molar-refractivity contribution in [3.8, 4) is 0 Å². The van der Waals surface area contributed by atoms with Gasteiger partial charge in [-0.05, 0) is 18.4 Å². The lowest BCUT2D eigenvalue weighted by Gasteiger charge is -2.29. The highest BCUT2D eigenvalue weighted by atomic mass is 16.1. The van der Waals surface area contributed by atoms with E-state index in [-0.39, 0.29) is 17.5 Å². The molecule has 2 N–H and O–H groups in total. The van der Waals surface area contributed by atoms with E-state index < -0.39 is 0 Å². The number of hydrogen-bond acceptors (Lipinski definition) is 4. The van der Waals surface area contributed by atoms with Gasteiger partial charge in [0.25, 0.3) is 5.56 Å². The highest BCUT2D eigenvalue weighted by molar-refractivity contribution is 5.77. The van der Waals surface area contributed by atoms with Crippen LogP contribution in [0.5, 0.6) is 0 Å². The highest BCUT2D eigenvalue weighted by Gasteiger charge is 2.29. The molecular formula is C19H22N4O2. The van der Waals surface area contributed by atoms with Crippen LogP contribution >= 0.6 is 0 Å². The van der Waals surface area contributed by atoms with Crippen molar-refractivity contribution >= 4 is 5.91 Å². The van der Waals surface area contributed by atoms with Crippen molar-refractivity contribution in [2.75, 3.05) is 13.1 Å². The van der Waals surface area contributed by atoms with E-state index in [2.05, 4.69) is 32.3 Å². The normalized spacial score (nSPS) is 21.6. The minimum absolute atomic E-state index is 0.00540. The van der Waals surface area contributed by atoms with E-state index >= 15 is 0 Å². The predicted molar refractivity (Wildman–Crippen MR) is 94.1 cm³/mol. The SMILES string of the molecule is O=C1CC(c2ccccc2)N(Cc2cc(=O)[nH]c(C3CC3)n2)CCN1. The molecule has 0 radical (unpaired) electrons. The van der Waals surface area contributed by atoms with Gasteiger partial charge in [-0.15, -0.1) is 0 Å². The number of aromatic nitrogens is 2. The fourth-order valence-electron chi connectivity index (χ4n) is 3.43. The van der Waals surface area contributed by atoms with Gasteiger partial charge in [0.15, 0.2) is 0 Å². The zero-order valence-corrected chi connectivity index (χ0v) is 14.1. The topological polar surface area (TPSA) is 78.1 Å². The number of rotatable bonds is 4. The quantitative estimate of drug-likeness (QED) is 0.890. The van der Waals surface area contributed by atoms with Crippen LogP contribution in [0.25, 0.3) is 0 Å². The van der Waals surface area contributed by atoms with Gasteiger partial charge in [0, 0.05) is 44.1 Å². The van der Waals surface area contributed by atoms with Gasteiger partial charge in [-0.1, -0.05) is 30.3 Å². The second kappa shape index (κ2) is 6.80. The van der Waals surface area contributed by atoms with Gasteiger partial charge >= 0.3 is 0 Å². The first-order valence-corrected chi connectivity index (χ1v) is 8.85. The van der Waals surface area contributed by atoms with Crippen LogP contribution < -0.4 is 10.9 Å². The molecule has 1 unspecified atom stereocenters. The molecule has 6 heteroatoms. The molecule has 0 spiro atoms. The second-order valence-electron chi connectivity index (χ2n) is 6.85. The third-order valence-electron chi connectivity index (χ3n) is 4.87. The zero-order valence-electron chi connectivity index (χ0n) is 14.1. The average molecular weight is 338 g/mol. The second-order valence-corrected chi connectivity index (χ2v) is 6.85. The van der Waals surface area contributed by atoms with Crippen LogP contribution in [0.1, 0.15) is 48.3 Å². The molecule has 0 bridgehead atoms. The lowest BCUT2D eigenvalue weighted by molar-refractivity contribution is -0.121. The zero-order chi connectivity index (χ0) is 17.2. The smallest absolute Gasteiger partial charge is 0.251 e. The third-order valence-corrected chi connectivity index (χ3v) is 4.87. The fourth-order valence-corrected chi connectivity index (χ4v) is 3.43. The number of nitrogens with one attached hydrogen (secondary N) is 2. The van der Waals surface area contributed by atoms with Gasteiger partial charge in [-0.3, -0.25) is 14.5 Å². The predicted octanol–water partition coefficient (Wildman–Crippen LogP) is 1.71. The summed E-state index contributed by atoms with van der Waals surface area (Å²) in [6.07, 6.45) is 2.62. The maximum Gasteiger partial charge on any atom is 0.251 e. The molecule has 1 aliphatic heterocycles. The minimum Gasteiger partial charge on any atom is -0.355 e. The van der Waals surface area contributed by atoms with E-state index in [0.29, 0.717) is 25.4 Å². The standard InChI is InChI=1S/C19H22N4O2/c24-17-11-16(13-4-2-1-3-5-13)23(9-8-20-17)12-15-10-18(25)22-19(21-15)14-6-7-14/h1-5,10,14,16H,6-9,11-12H2,(H,20,24)(H,21,22,25). The summed E-state index contributed by atoms with van der Waals surface area (Å²) in [6.45, 7) is 1.91. The van der Waals surface area contributed by atoms with Crippen molar-refractivity contribution in [2.45, 2.75) is 37.8 Å². The van der Waals surface area contributed by atoms with Crippen molar-refractivity contribution in [1.29, 1.82) is 0 Å². The molecule has 4 rings (SSSR count). The van der Waals surface area contributed by atoms with E-state index in [9.17, 15) is 9.59 Å². The molecule has 1 amide bonds. The average Bonchev–Trinajstić information content (AvgIpc) is 3.44. The van der Waals surface area contributed by atoms with Gasteiger partial charge in [0.2, 0.25) is 5.91 Å². The maximum absolute atomic E-state index is 12.1. The molecule has 2 fully saturated rings. The van der Waals surface area contributed by atoms with Crippen molar-refractivity contribution < 1.29 is 4.79 Å². The summed E-state index contributed by atoms with van der Waals surface area (Å²) in [6, 6.07) is 11.6. The summed E-state index contributed by atoms with van der Waals surface area (Å²) in [5, 5.41) is 2.94. The van der Waals surface area contributed by atoms with E-state index in [0.717, 1.165) is 36.5 Å². The molecule has 1 aromatic heterocycles. The Bertz CT molecular complexity index is 814. The van der Waals surface area contributed by atoms with E-state index in [1.54, 1.807) is 6.07 Å². The number of carbonyl (C=O) groups is 1. The molecule has 1 aromatic carbocycles. The van der Waals surface area contributed by atoms with E-state index in [4.69, 9.17) is 0 Å². The summed E-state index contributed by atoms with van der Waals surface area (Å²) in [5.41, 5.74) is 1.81. The van der Waals surface area contributed by atoms with Crippen LogP contribution in [0.4, 0.5) is 0 Å². The Labute approximate surface area is 146 Å². The Hall–Kier alpha value is -2.47. The molecule has 2 aliphatic rings. The van der Waals surface area contributed by atoms with Crippen molar-refractivity contribution in [1.82, 2.24) is 20.2 Å². The summed E-state index contributed by atoms with van der Waals surface area (Å²) >= 11 is 0. The summed E-state index contributed by atoms with van der Waals surface area (Å²) in [7, 11) is 0. The fraction of sp³-hybridized carbons (Fsp3) is 0.421. The number of carbonyl (C=O) groups excluding carboxylic acids is 1. The molecule has 2 heterocycles. The monoisotopic (exact) mass is 338 g/mol. The van der Waals surface area contributed by atoms with Gasteiger partial charge < -0.3 is 10.3 Å². The molecule has 2 aromatic rings. The van der Waals surface area contributed by atoms with Crippen LogP contribution in [0.3, 0.4) is 0 Å². The van der Waals surface area contributed by atoms with Gasteiger partial charge in [0.1, 0.15) is 5.82 Å². The Morgan fingerprint density at radius 1 is 1.16 bits per heavy atom. The molecule has 130 valence electrons. The first-order valence-electron chi connectivity index (χ1n) is 8.85. The molecule has 1 aliphatic carbocycles. The Morgan fingerprint density at radius 3 is 2.72 bits per heavy atom. The number of H-pyrrole nitrogens is 1. The van der Waals surface area contributed by atoms with Crippen LogP contribution in [0, 0.1) is 0 Å². The molecule has 1 saturated heterocycles. The number of hydrogen-bond donors (Lipinski definition) is 2. The Kier molecular flexibility index (Phi) is 4.36. The number of benzene rings is 1.